The van der Waals surface area contributed by atoms with Crippen molar-refractivity contribution in [3.8, 4) is 0 Å². The summed E-state index contributed by atoms with van der Waals surface area (Å²) >= 11 is 0. The number of aliphatic hydroxyl groups excluding tert-OH is 1. The molecule has 1 aliphatic rings. The summed E-state index contributed by atoms with van der Waals surface area (Å²) in [6, 6.07) is 1.40. The van der Waals surface area contributed by atoms with Crippen LogP contribution in [0, 0.1) is 10.1 Å². The molecule has 2 atom stereocenters. The van der Waals surface area contributed by atoms with Gasteiger partial charge < -0.3 is 15.6 Å². The number of imide groups is 1. The molecule has 13 nitrogen and oxygen atoms in total. The van der Waals surface area contributed by atoms with Crippen molar-refractivity contribution in [3.63, 3.8) is 0 Å². The molecule has 2 rings (SSSR count). The lowest BCUT2D eigenvalue weighted by Crippen LogP contribution is -2.43. The van der Waals surface area contributed by atoms with Crippen LogP contribution in [-0.4, -0.2) is 66.0 Å². The van der Waals surface area contributed by atoms with Gasteiger partial charge in [0.05, 0.1) is 15.9 Å². The number of ether oxygens (including phenoxy) is 1. The highest BCUT2D eigenvalue weighted by Gasteiger charge is 2.44. The van der Waals surface area contributed by atoms with Crippen LogP contribution in [0.4, 0.5) is 10.5 Å². The predicted octanol–water partition coefficient (Wildman–Crippen LogP) is -1.54. The third-order valence-corrected chi connectivity index (χ3v) is 5.66. The molecular weight excluding hydrogens is 400 g/mol. The average Bonchev–Trinajstić information content (AvgIpc) is 3.02. The fourth-order valence-corrected chi connectivity index (χ4v) is 4.17. The number of urea groups is 1. The number of hydrogen-bond donors (Lipinski definition) is 3. The predicted molar refractivity (Wildman–Crippen MR) is 90.1 cm³/mol. The zero-order valence-electron chi connectivity index (χ0n) is 14.2. The molecule has 0 aromatic heterocycles. The summed E-state index contributed by atoms with van der Waals surface area (Å²) in [4.78, 5) is 43.7. The largest absolute Gasteiger partial charge is 0.454 e. The monoisotopic (exact) mass is 416 g/mol. The van der Waals surface area contributed by atoms with E-state index in [4.69, 9.17) is 5.73 Å². The molecule has 3 amide bonds. The van der Waals surface area contributed by atoms with Crippen molar-refractivity contribution in [2.75, 3.05) is 13.2 Å². The molecular formula is C14H16N4O9S. The van der Waals surface area contributed by atoms with Crippen LogP contribution in [-0.2, 0) is 24.3 Å². The first-order valence-corrected chi connectivity index (χ1v) is 9.16. The van der Waals surface area contributed by atoms with Crippen molar-refractivity contribution < 1.29 is 37.6 Å². The number of β-amino-alcohol motifs (C(OH)–C–C–N with tert-alkyl or cyclic N) is 1. The number of nitro benzene ring substituents is 1. The number of amides is 3. The highest BCUT2D eigenvalue weighted by atomic mass is 32.2. The van der Waals surface area contributed by atoms with Gasteiger partial charge in [-0.2, -0.15) is 4.31 Å². The second-order valence-corrected chi connectivity index (χ2v) is 7.64. The van der Waals surface area contributed by atoms with Crippen LogP contribution in [0.15, 0.2) is 29.2 Å². The van der Waals surface area contributed by atoms with Crippen LogP contribution in [0.25, 0.3) is 0 Å². The maximum Gasteiger partial charge on any atom is 0.325 e. The van der Waals surface area contributed by atoms with Crippen LogP contribution >= 0.6 is 0 Å². The highest BCUT2D eigenvalue weighted by Crippen LogP contribution is 2.28. The Morgan fingerprint density at radius 3 is 2.46 bits per heavy atom. The normalized spacial score (nSPS) is 19.8. The van der Waals surface area contributed by atoms with Crippen LogP contribution in [0.1, 0.15) is 6.42 Å². The first-order valence-electron chi connectivity index (χ1n) is 7.72. The van der Waals surface area contributed by atoms with E-state index in [2.05, 4.69) is 4.74 Å². The van der Waals surface area contributed by atoms with Crippen molar-refractivity contribution in [2.24, 2.45) is 5.73 Å². The minimum atomic E-state index is -4.29. The number of nitrogens with zero attached hydrogens (tertiary/aromatic N) is 2. The summed E-state index contributed by atoms with van der Waals surface area (Å²) in [5.41, 5.74) is 4.42. The number of carbonyl (C=O) groups excluding carboxylic acids is 3. The number of esters is 1. The molecule has 0 saturated carbocycles. The third-order valence-electron chi connectivity index (χ3n) is 3.77. The van der Waals surface area contributed by atoms with Gasteiger partial charge in [-0.1, -0.05) is 0 Å². The van der Waals surface area contributed by atoms with Crippen LogP contribution in [0.5, 0.6) is 0 Å². The van der Waals surface area contributed by atoms with Gasteiger partial charge in [0.15, 0.2) is 6.61 Å². The van der Waals surface area contributed by atoms with E-state index < -0.39 is 58.2 Å². The number of benzene rings is 1. The Kier molecular flexibility index (Phi) is 6.27. The van der Waals surface area contributed by atoms with E-state index >= 15 is 0 Å². The van der Waals surface area contributed by atoms with Crippen LogP contribution in [0.3, 0.4) is 0 Å². The maximum absolute atomic E-state index is 12.8. The first kappa shape index (κ1) is 21.2. The van der Waals surface area contributed by atoms with Gasteiger partial charge in [-0.05, 0) is 12.1 Å². The molecule has 28 heavy (non-hydrogen) atoms. The molecule has 0 radical (unpaired) electrons. The number of nitrogens with one attached hydrogen (secondary N) is 1. The Hall–Kier alpha value is -3.10. The molecule has 2 unspecified atom stereocenters. The summed E-state index contributed by atoms with van der Waals surface area (Å²) in [5, 5.41) is 22.2. The lowest BCUT2D eigenvalue weighted by molar-refractivity contribution is -0.384. The van der Waals surface area contributed by atoms with E-state index in [1.54, 1.807) is 5.32 Å². The van der Waals surface area contributed by atoms with Crippen LogP contribution in [0.2, 0.25) is 0 Å². The van der Waals surface area contributed by atoms with Gasteiger partial charge in [0.1, 0.15) is 6.04 Å². The van der Waals surface area contributed by atoms with Gasteiger partial charge in [-0.15, -0.1) is 0 Å². The van der Waals surface area contributed by atoms with E-state index in [0.717, 1.165) is 24.3 Å². The molecule has 1 aromatic rings. The lowest BCUT2D eigenvalue weighted by Gasteiger charge is -2.22. The molecule has 1 aromatic carbocycles. The summed E-state index contributed by atoms with van der Waals surface area (Å²) in [7, 11) is -4.29. The fourth-order valence-electron chi connectivity index (χ4n) is 2.55. The van der Waals surface area contributed by atoms with Crippen molar-refractivity contribution in [2.45, 2.75) is 23.5 Å². The van der Waals surface area contributed by atoms with Crippen LogP contribution < -0.4 is 11.1 Å². The number of rotatable bonds is 6. The minimum absolute atomic E-state index is 0.275. The number of carbonyl (C=O) groups is 3. The second-order valence-electron chi connectivity index (χ2n) is 5.75. The standard InChI is InChI=1S/C14H16N4O9S/c15-14(22)16-12(20)7-27-13(21)11-5-9(19)6-17(11)28(25,26)10-3-1-8(2-4-10)18(23)24/h1-4,9,11,19H,5-7H2,(H3,15,16,20,22). The van der Waals surface area contributed by atoms with E-state index in [1.807, 2.05) is 0 Å². The molecule has 0 spiro atoms. The number of non-ortho nitro benzene ring substituents is 1. The molecule has 152 valence electrons. The van der Waals surface area contributed by atoms with Crippen molar-refractivity contribution in [3.05, 3.63) is 34.4 Å². The van der Waals surface area contributed by atoms with Gasteiger partial charge in [0, 0.05) is 25.1 Å². The summed E-state index contributed by atoms with van der Waals surface area (Å²) in [5.74, 6) is -2.12. The lowest BCUT2D eigenvalue weighted by atomic mass is 10.2. The van der Waals surface area contributed by atoms with E-state index in [0.29, 0.717) is 4.31 Å². The quantitative estimate of drug-likeness (QED) is 0.279. The summed E-state index contributed by atoms with van der Waals surface area (Å²) in [6.45, 7) is -1.29. The summed E-state index contributed by atoms with van der Waals surface area (Å²) < 4.78 is 30.9. The summed E-state index contributed by atoms with van der Waals surface area (Å²) in [6.07, 6.45) is -1.44. The van der Waals surface area contributed by atoms with Gasteiger partial charge in [-0.25, -0.2) is 13.2 Å². The Morgan fingerprint density at radius 1 is 1.32 bits per heavy atom. The Morgan fingerprint density at radius 2 is 1.93 bits per heavy atom. The van der Waals surface area contributed by atoms with Gasteiger partial charge >= 0.3 is 12.0 Å². The molecule has 14 heteroatoms. The molecule has 1 aliphatic heterocycles. The molecule has 0 aliphatic carbocycles. The number of sulfonamides is 1. The number of primary amides is 1. The Labute approximate surface area is 158 Å². The number of hydrogen-bond acceptors (Lipinski definition) is 9. The number of aliphatic hydroxyl groups is 1. The topological polar surface area (TPSA) is 199 Å². The van der Waals surface area contributed by atoms with Crippen molar-refractivity contribution in [1.82, 2.24) is 9.62 Å². The SMILES string of the molecule is NC(=O)NC(=O)COC(=O)C1CC(O)CN1S(=O)(=O)c1ccc([N+](=O)[O-])cc1. The maximum atomic E-state index is 12.8. The number of nitro groups is 1. The van der Waals surface area contributed by atoms with E-state index in [9.17, 15) is 38.0 Å². The zero-order valence-corrected chi connectivity index (χ0v) is 15.0. The fraction of sp³-hybridized carbons (Fsp3) is 0.357. The molecule has 0 bridgehead atoms. The second kappa shape index (κ2) is 8.28. The molecule has 1 heterocycles. The highest BCUT2D eigenvalue weighted by molar-refractivity contribution is 7.89. The first-order chi connectivity index (χ1) is 13.0. The van der Waals surface area contributed by atoms with Gasteiger partial charge in [0.25, 0.3) is 11.6 Å². The Bertz CT molecular complexity index is 900. The smallest absolute Gasteiger partial charge is 0.325 e. The van der Waals surface area contributed by atoms with Crippen molar-refractivity contribution >= 4 is 33.6 Å². The molecule has 1 fully saturated rings. The molecule has 4 N–H and O–H groups in total. The molecule has 1 saturated heterocycles. The van der Waals surface area contributed by atoms with Gasteiger partial charge in [-0.3, -0.25) is 25.0 Å². The average molecular weight is 416 g/mol. The minimum Gasteiger partial charge on any atom is -0.454 e. The zero-order chi connectivity index (χ0) is 21.1. The Balaban J connectivity index is 2.17. The van der Waals surface area contributed by atoms with E-state index in [1.165, 1.54) is 0 Å². The number of nitrogens with two attached hydrogens (primary N) is 1. The third kappa shape index (κ3) is 4.79. The van der Waals surface area contributed by atoms with Gasteiger partial charge in [0.2, 0.25) is 10.0 Å². The van der Waals surface area contributed by atoms with Crippen molar-refractivity contribution in [1.29, 1.82) is 0 Å². The van der Waals surface area contributed by atoms with E-state index in [-0.39, 0.29) is 17.0 Å².